The molecule has 1 aromatic carbocycles. The van der Waals surface area contributed by atoms with Crippen molar-refractivity contribution in [1.82, 2.24) is 9.88 Å². The van der Waals surface area contributed by atoms with Crippen molar-refractivity contribution in [3.63, 3.8) is 0 Å². The number of carbonyl (C=O) groups excluding carboxylic acids is 2. The lowest BCUT2D eigenvalue weighted by Crippen LogP contribution is -2.49. The maximum Gasteiger partial charge on any atom is 0.339 e. The van der Waals surface area contributed by atoms with Gasteiger partial charge in [0.15, 0.2) is 0 Å². The average molecular weight is 381 g/mol. The first-order chi connectivity index (χ1) is 13.5. The third kappa shape index (κ3) is 4.50. The van der Waals surface area contributed by atoms with Gasteiger partial charge in [0.2, 0.25) is 0 Å². The van der Waals surface area contributed by atoms with Gasteiger partial charge in [0.25, 0.3) is 5.91 Å². The third-order valence-corrected chi connectivity index (χ3v) is 4.97. The van der Waals surface area contributed by atoms with E-state index in [0.29, 0.717) is 44.3 Å². The van der Waals surface area contributed by atoms with Crippen molar-refractivity contribution in [2.75, 3.05) is 37.7 Å². The van der Waals surface area contributed by atoms with Gasteiger partial charge in [-0.1, -0.05) is 26.0 Å². The summed E-state index contributed by atoms with van der Waals surface area (Å²) in [6.45, 7) is 9.12. The molecule has 0 radical (unpaired) electrons. The molecule has 1 amide bonds. The van der Waals surface area contributed by atoms with E-state index in [1.54, 1.807) is 19.2 Å². The van der Waals surface area contributed by atoms with Crippen molar-refractivity contribution in [2.24, 2.45) is 0 Å². The number of ether oxygens (including phenoxy) is 1. The minimum Gasteiger partial charge on any atom is -0.462 e. The number of rotatable bonds is 5. The van der Waals surface area contributed by atoms with Gasteiger partial charge in [0.1, 0.15) is 5.82 Å². The highest BCUT2D eigenvalue weighted by atomic mass is 16.5. The van der Waals surface area contributed by atoms with Crippen LogP contribution in [0.4, 0.5) is 5.82 Å². The third-order valence-electron chi connectivity index (χ3n) is 4.97. The molecule has 0 saturated carbocycles. The van der Waals surface area contributed by atoms with Crippen molar-refractivity contribution in [3.8, 4) is 0 Å². The second-order valence-electron chi connectivity index (χ2n) is 7.18. The molecule has 2 heterocycles. The number of pyridine rings is 1. The van der Waals surface area contributed by atoms with Crippen molar-refractivity contribution >= 4 is 17.7 Å². The second kappa shape index (κ2) is 8.87. The van der Waals surface area contributed by atoms with Gasteiger partial charge >= 0.3 is 5.97 Å². The van der Waals surface area contributed by atoms with Crippen molar-refractivity contribution < 1.29 is 14.3 Å². The van der Waals surface area contributed by atoms with Crippen LogP contribution >= 0.6 is 0 Å². The number of carbonyl (C=O) groups is 2. The molecule has 1 aliphatic heterocycles. The summed E-state index contributed by atoms with van der Waals surface area (Å²) in [6.07, 6.45) is 1.54. The molecule has 28 heavy (non-hydrogen) atoms. The topological polar surface area (TPSA) is 62.7 Å². The van der Waals surface area contributed by atoms with Crippen LogP contribution in [0.25, 0.3) is 0 Å². The number of amides is 1. The Morgan fingerprint density at radius 1 is 1.00 bits per heavy atom. The zero-order valence-electron chi connectivity index (χ0n) is 16.7. The zero-order valence-corrected chi connectivity index (χ0v) is 16.7. The highest BCUT2D eigenvalue weighted by Crippen LogP contribution is 2.18. The average Bonchev–Trinajstić information content (AvgIpc) is 2.74. The van der Waals surface area contributed by atoms with E-state index in [1.165, 1.54) is 5.56 Å². The van der Waals surface area contributed by atoms with Crippen molar-refractivity contribution in [3.05, 3.63) is 59.3 Å². The molecule has 1 aromatic heterocycles. The molecule has 3 rings (SSSR count). The summed E-state index contributed by atoms with van der Waals surface area (Å²) in [5.74, 6) is 0.970. The Morgan fingerprint density at radius 3 is 2.18 bits per heavy atom. The standard InChI is InChI=1S/C22H27N3O3/c1-4-28-22(27)19-9-10-20(23-15-19)24-11-13-25(14-12-24)21(26)18-7-5-17(6-8-18)16(2)3/h5-10,15-16H,4,11-14H2,1-3H3. The SMILES string of the molecule is CCOC(=O)c1ccc(N2CCN(C(=O)c3ccc(C(C)C)cc3)CC2)nc1. The summed E-state index contributed by atoms with van der Waals surface area (Å²) in [6, 6.07) is 11.5. The normalized spacial score (nSPS) is 14.3. The summed E-state index contributed by atoms with van der Waals surface area (Å²) in [4.78, 5) is 32.9. The highest BCUT2D eigenvalue weighted by molar-refractivity contribution is 5.94. The number of aromatic nitrogens is 1. The van der Waals surface area contributed by atoms with Crippen LogP contribution in [0.5, 0.6) is 0 Å². The van der Waals surface area contributed by atoms with Gasteiger partial charge in [-0.2, -0.15) is 0 Å². The van der Waals surface area contributed by atoms with Crippen LogP contribution in [0, 0.1) is 0 Å². The van der Waals surface area contributed by atoms with Crippen molar-refractivity contribution in [2.45, 2.75) is 26.7 Å². The maximum absolute atomic E-state index is 12.7. The largest absolute Gasteiger partial charge is 0.462 e. The molecular weight excluding hydrogens is 354 g/mol. The molecule has 0 bridgehead atoms. The van der Waals surface area contributed by atoms with E-state index in [2.05, 4.69) is 23.7 Å². The van der Waals surface area contributed by atoms with Gasteiger partial charge in [-0.15, -0.1) is 0 Å². The summed E-state index contributed by atoms with van der Waals surface area (Å²) in [5, 5.41) is 0. The van der Waals surface area contributed by atoms with Gasteiger partial charge in [0, 0.05) is 37.9 Å². The molecule has 0 unspecified atom stereocenters. The van der Waals surface area contributed by atoms with E-state index in [0.717, 1.165) is 11.4 Å². The number of hydrogen-bond donors (Lipinski definition) is 0. The Morgan fingerprint density at radius 2 is 1.64 bits per heavy atom. The van der Waals surface area contributed by atoms with Gasteiger partial charge in [-0.05, 0) is 42.7 Å². The Balaban J connectivity index is 1.58. The Labute approximate surface area is 166 Å². The fourth-order valence-corrected chi connectivity index (χ4v) is 3.24. The van der Waals surface area contributed by atoms with Gasteiger partial charge < -0.3 is 14.5 Å². The van der Waals surface area contributed by atoms with E-state index in [4.69, 9.17) is 4.74 Å². The number of esters is 1. The Kier molecular flexibility index (Phi) is 6.29. The van der Waals surface area contributed by atoms with Crippen LogP contribution in [-0.4, -0.2) is 54.5 Å². The Bertz CT molecular complexity index is 808. The van der Waals surface area contributed by atoms with Gasteiger partial charge in [0.05, 0.1) is 12.2 Å². The predicted molar refractivity (Wildman–Crippen MR) is 109 cm³/mol. The number of anilines is 1. The van der Waals surface area contributed by atoms with E-state index >= 15 is 0 Å². The fourth-order valence-electron chi connectivity index (χ4n) is 3.24. The van der Waals surface area contributed by atoms with E-state index < -0.39 is 0 Å². The molecule has 6 nitrogen and oxygen atoms in total. The number of nitrogens with zero attached hydrogens (tertiary/aromatic N) is 3. The lowest BCUT2D eigenvalue weighted by molar-refractivity contribution is 0.0525. The second-order valence-corrected chi connectivity index (χ2v) is 7.18. The lowest BCUT2D eigenvalue weighted by Gasteiger charge is -2.35. The molecule has 0 N–H and O–H groups in total. The van der Waals surface area contributed by atoms with E-state index in [9.17, 15) is 9.59 Å². The first-order valence-corrected chi connectivity index (χ1v) is 9.77. The summed E-state index contributed by atoms with van der Waals surface area (Å²) >= 11 is 0. The molecule has 2 aromatic rings. The number of benzene rings is 1. The molecule has 0 atom stereocenters. The monoisotopic (exact) mass is 381 g/mol. The van der Waals surface area contributed by atoms with Crippen LogP contribution in [0.2, 0.25) is 0 Å². The lowest BCUT2D eigenvalue weighted by atomic mass is 10.0. The minimum atomic E-state index is -0.361. The number of hydrogen-bond acceptors (Lipinski definition) is 5. The molecular formula is C22H27N3O3. The van der Waals surface area contributed by atoms with Crippen LogP contribution in [0.15, 0.2) is 42.6 Å². The minimum absolute atomic E-state index is 0.0700. The van der Waals surface area contributed by atoms with E-state index in [1.807, 2.05) is 35.2 Å². The molecule has 0 spiro atoms. The predicted octanol–water partition coefficient (Wildman–Crippen LogP) is 3.34. The quantitative estimate of drug-likeness (QED) is 0.744. The molecule has 148 valence electrons. The van der Waals surface area contributed by atoms with Crippen LogP contribution in [0.3, 0.4) is 0 Å². The van der Waals surface area contributed by atoms with Gasteiger partial charge in [-0.25, -0.2) is 9.78 Å². The summed E-state index contributed by atoms with van der Waals surface area (Å²) in [7, 11) is 0. The summed E-state index contributed by atoms with van der Waals surface area (Å²) in [5.41, 5.74) is 2.41. The molecule has 6 heteroatoms. The highest BCUT2D eigenvalue weighted by Gasteiger charge is 2.23. The molecule has 0 aliphatic carbocycles. The summed E-state index contributed by atoms with van der Waals surface area (Å²) < 4.78 is 4.98. The molecule has 1 saturated heterocycles. The van der Waals surface area contributed by atoms with Crippen LogP contribution in [0.1, 0.15) is 53.0 Å². The molecule has 1 fully saturated rings. The molecule has 1 aliphatic rings. The van der Waals surface area contributed by atoms with Crippen LogP contribution < -0.4 is 4.90 Å². The maximum atomic E-state index is 12.7. The first kappa shape index (κ1) is 19.9. The first-order valence-electron chi connectivity index (χ1n) is 9.77. The zero-order chi connectivity index (χ0) is 20.1. The number of piperazine rings is 1. The van der Waals surface area contributed by atoms with Crippen LogP contribution in [-0.2, 0) is 4.74 Å². The Hall–Kier alpha value is -2.89. The van der Waals surface area contributed by atoms with E-state index in [-0.39, 0.29) is 11.9 Å². The smallest absolute Gasteiger partial charge is 0.339 e. The van der Waals surface area contributed by atoms with Gasteiger partial charge in [-0.3, -0.25) is 4.79 Å². The fraction of sp³-hybridized carbons (Fsp3) is 0.409. The van der Waals surface area contributed by atoms with Crippen molar-refractivity contribution in [1.29, 1.82) is 0 Å².